The highest BCUT2D eigenvalue weighted by molar-refractivity contribution is 5.89. The standard InChI is InChI=1S/C21H22N4O2/c1-15-6-5-9-18-19(15)22-14-25(20(18)26)17-10-12-24(13-11-17)21(27)23-16-7-3-2-4-8-16/h2-9,14,17H,10-13H2,1H3,(H,23,27). The van der Waals surface area contributed by atoms with Crippen LogP contribution in [0.2, 0.25) is 0 Å². The number of aryl methyl sites for hydroxylation is 1. The van der Waals surface area contributed by atoms with Crippen molar-refractivity contribution in [2.45, 2.75) is 25.8 Å². The van der Waals surface area contributed by atoms with E-state index in [1.807, 2.05) is 55.5 Å². The van der Waals surface area contributed by atoms with E-state index in [1.165, 1.54) is 0 Å². The maximum atomic E-state index is 12.9. The van der Waals surface area contributed by atoms with Crippen LogP contribution in [0, 0.1) is 6.92 Å². The number of likely N-dealkylation sites (tertiary alicyclic amines) is 1. The van der Waals surface area contributed by atoms with Crippen LogP contribution in [0.5, 0.6) is 0 Å². The Morgan fingerprint density at radius 1 is 1.07 bits per heavy atom. The number of carbonyl (C=O) groups excluding carboxylic acids is 1. The molecule has 0 spiro atoms. The van der Waals surface area contributed by atoms with Gasteiger partial charge in [-0.05, 0) is 43.5 Å². The second-order valence-electron chi connectivity index (χ2n) is 6.94. The molecule has 2 amide bonds. The molecule has 138 valence electrons. The number of para-hydroxylation sites is 2. The molecule has 0 radical (unpaired) electrons. The lowest BCUT2D eigenvalue weighted by molar-refractivity contribution is 0.182. The minimum atomic E-state index is -0.0979. The fraction of sp³-hybridized carbons (Fsp3) is 0.286. The molecule has 2 heterocycles. The minimum Gasteiger partial charge on any atom is -0.324 e. The van der Waals surface area contributed by atoms with Gasteiger partial charge in [0.15, 0.2) is 0 Å². The average molecular weight is 362 g/mol. The minimum absolute atomic E-state index is 0.00381. The third-order valence-electron chi connectivity index (χ3n) is 5.18. The number of fused-ring (bicyclic) bond motifs is 1. The molecular weight excluding hydrogens is 340 g/mol. The van der Waals surface area contributed by atoms with Crippen LogP contribution in [0.15, 0.2) is 59.7 Å². The number of anilines is 1. The molecule has 1 saturated heterocycles. The normalized spacial score (nSPS) is 15.1. The summed E-state index contributed by atoms with van der Waals surface area (Å²) in [7, 11) is 0. The molecule has 1 N–H and O–H groups in total. The van der Waals surface area contributed by atoms with E-state index >= 15 is 0 Å². The molecule has 0 saturated carbocycles. The maximum absolute atomic E-state index is 12.9. The van der Waals surface area contributed by atoms with Gasteiger partial charge in [0.05, 0.1) is 17.2 Å². The molecule has 1 aliphatic heterocycles. The van der Waals surface area contributed by atoms with Crippen LogP contribution >= 0.6 is 0 Å². The molecule has 3 aromatic rings. The highest BCUT2D eigenvalue weighted by Gasteiger charge is 2.25. The van der Waals surface area contributed by atoms with Gasteiger partial charge in [-0.25, -0.2) is 9.78 Å². The van der Waals surface area contributed by atoms with Crippen LogP contribution in [0.3, 0.4) is 0 Å². The van der Waals surface area contributed by atoms with Crippen LogP contribution in [0.4, 0.5) is 10.5 Å². The van der Waals surface area contributed by atoms with Crippen LogP contribution < -0.4 is 10.9 Å². The number of hydrogen-bond donors (Lipinski definition) is 1. The van der Waals surface area contributed by atoms with Crippen molar-refractivity contribution in [3.05, 3.63) is 70.8 Å². The molecule has 0 unspecified atom stereocenters. The molecule has 4 rings (SSSR count). The summed E-state index contributed by atoms with van der Waals surface area (Å²) in [5, 5.41) is 3.57. The SMILES string of the molecule is Cc1cccc2c(=O)n(C3CCN(C(=O)Nc4ccccc4)CC3)cnc12. The first-order valence-electron chi connectivity index (χ1n) is 9.21. The molecule has 0 atom stereocenters. The van der Waals surface area contributed by atoms with E-state index in [2.05, 4.69) is 10.3 Å². The van der Waals surface area contributed by atoms with Crippen molar-refractivity contribution in [3.63, 3.8) is 0 Å². The third-order valence-corrected chi connectivity index (χ3v) is 5.18. The molecule has 6 nitrogen and oxygen atoms in total. The lowest BCUT2D eigenvalue weighted by Gasteiger charge is -2.32. The number of amides is 2. The summed E-state index contributed by atoms with van der Waals surface area (Å²) in [5.74, 6) is 0. The maximum Gasteiger partial charge on any atom is 0.321 e. The van der Waals surface area contributed by atoms with E-state index in [-0.39, 0.29) is 17.6 Å². The van der Waals surface area contributed by atoms with Crippen molar-refractivity contribution in [3.8, 4) is 0 Å². The Morgan fingerprint density at radius 3 is 2.56 bits per heavy atom. The Kier molecular flexibility index (Phi) is 4.62. The number of aromatic nitrogens is 2. The van der Waals surface area contributed by atoms with Crippen LogP contribution in [0.1, 0.15) is 24.4 Å². The van der Waals surface area contributed by atoms with E-state index in [9.17, 15) is 9.59 Å². The summed E-state index contributed by atoms with van der Waals surface area (Å²) in [6.07, 6.45) is 3.13. The van der Waals surface area contributed by atoms with E-state index in [0.29, 0.717) is 18.5 Å². The van der Waals surface area contributed by atoms with Crippen molar-refractivity contribution in [1.29, 1.82) is 0 Å². The van der Waals surface area contributed by atoms with Gasteiger partial charge in [-0.2, -0.15) is 0 Å². The number of rotatable bonds is 2. The van der Waals surface area contributed by atoms with Gasteiger partial charge in [-0.15, -0.1) is 0 Å². The Labute approximate surface area is 157 Å². The van der Waals surface area contributed by atoms with Crippen molar-refractivity contribution >= 4 is 22.6 Å². The molecule has 2 aromatic carbocycles. The Hall–Kier alpha value is -3.15. The predicted molar refractivity (Wildman–Crippen MR) is 106 cm³/mol. The summed E-state index contributed by atoms with van der Waals surface area (Å²) >= 11 is 0. The smallest absolute Gasteiger partial charge is 0.321 e. The zero-order chi connectivity index (χ0) is 18.8. The van der Waals surface area contributed by atoms with Crippen LogP contribution in [-0.2, 0) is 0 Å². The predicted octanol–water partition coefficient (Wildman–Crippen LogP) is 3.57. The largest absolute Gasteiger partial charge is 0.324 e. The molecule has 0 aliphatic carbocycles. The van der Waals surface area contributed by atoms with Crippen molar-refractivity contribution in [2.75, 3.05) is 18.4 Å². The van der Waals surface area contributed by atoms with Crippen molar-refractivity contribution in [1.82, 2.24) is 14.5 Å². The summed E-state index contributed by atoms with van der Waals surface area (Å²) < 4.78 is 1.73. The molecular formula is C21H22N4O2. The number of nitrogens with zero attached hydrogens (tertiary/aromatic N) is 3. The molecule has 0 bridgehead atoms. The number of carbonyl (C=O) groups is 1. The number of hydrogen-bond acceptors (Lipinski definition) is 3. The summed E-state index contributed by atoms with van der Waals surface area (Å²) in [6, 6.07) is 15.1. The van der Waals surface area contributed by atoms with Crippen LogP contribution in [0.25, 0.3) is 10.9 Å². The summed E-state index contributed by atoms with van der Waals surface area (Å²) in [6.45, 7) is 3.19. The first kappa shape index (κ1) is 17.3. The van der Waals surface area contributed by atoms with Crippen molar-refractivity contribution < 1.29 is 4.79 Å². The van der Waals surface area contributed by atoms with Gasteiger partial charge in [0.1, 0.15) is 0 Å². The summed E-state index contributed by atoms with van der Waals surface area (Å²) in [5.41, 5.74) is 2.55. The second-order valence-corrected chi connectivity index (χ2v) is 6.94. The Morgan fingerprint density at radius 2 is 1.81 bits per heavy atom. The second kappa shape index (κ2) is 7.23. The van der Waals surface area contributed by atoms with Gasteiger partial charge < -0.3 is 10.2 Å². The quantitative estimate of drug-likeness (QED) is 0.758. The van der Waals surface area contributed by atoms with Gasteiger partial charge in [0.2, 0.25) is 0 Å². The molecule has 1 aliphatic rings. The molecule has 27 heavy (non-hydrogen) atoms. The first-order chi connectivity index (χ1) is 13.1. The van der Waals surface area contributed by atoms with Gasteiger partial charge in [0.25, 0.3) is 5.56 Å². The Balaban J connectivity index is 1.46. The molecule has 6 heteroatoms. The van der Waals surface area contributed by atoms with Crippen molar-refractivity contribution in [2.24, 2.45) is 0 Å². The fourth-order valence-electron chi connectivity index (χ4n) is 3.65. The van der Waals surface area contributed by atoms with Gasteiger partial charge in [-0.3, -0.25) is 9.36 Å². The van der Waals surface area contributed by atoms with Gasteiger partial charge >= 0.3 is 6.03 Å². The number of nitrogens with one attached hydrogen (secondary N) is 1. The highest BCUT2D eigenvalue weighted by Crippen LogP contribution is 2.22. The monoisotopic (exact) mass is 362 g/mol. The zero-order valence-corrected chi connectivity index (χ0v) is 15.3. The summed E-state index contributed by atoms with van der Waals surface area (Å²) in [4.78, 5) is 31.6. The number of piperidine rings is 1. The number of benzene rings is 2. The number of urea groups is 1. The van der Waals surface area contributed by atoms with E-state index in [1.54, 1.807) is 15.8 Å². The fourth-order valence-corrected chi connectivity index (χ4v) is 3.65. The first-order valence-corrected chi connectivity index (χ1v) is 9.21. The zero-order valence-electron chi connectivity index (χ0n) is 15.3. The molecule has 1 fully saturated rings. The van der Waals surface area contributed by atoms with Gasteiger partial charge in [0, 0.05) is 24.8 Å². The Bertz CT molecular complexity index is 1020. The molecule has 1 aromatic heterocycles. The van der Waals surface area contributed by atoms with E-state index < -0.39 is 0 Å². The van der Waals surface area contributed by atoms with E-state index in [4.69, 9.17) is 0 Å². The average Bonchev–Trinajstić information content (AvgIpc) is 2.70. The van der Waals surface area contributed by atoms with Gasteiger partial charge in [-0.1, -0.05) is 30.3 Å². The topological polar surface area (TPSA) is 67.2 Å². The lowest BCUT2D eigenvalue weighted by atomic mass is 10.0. The van der Waals surface area contributed by atoms with Crippen LogP contribution in [-0.4, -0.2) is 33.6 Å². The highest BCUT2D eigenvalue weighted by atomic mass is 16.2. The van der Waals surface area contributed by atoms with E-state index in [0.717, 1.165) is 29.6 Å². The lowest BCUT2D eigenvalue weighted by Crippen LogP contribution is -2.42. The third kappa shape index (κ3) is 3.43.